The van der Waals surface area contributed by atoms with Gasteiger partial charge in [0.1, 0.15) is 0 Å². The number of hydrazone groups is 1. The molecular weight excluding hydrogens is 330 g/mol. The lowest BCUT2D eigenvalue weighted by Crippen LogP contribution is -2.03. The van der Waals surface area contributed by atoms with E-state index in [0.717, 1.165) is 11.3 Å². The Labute approximate surface area is 154 Å². The molecule has 0 aliphatic rings. The normalized spacial score (nSPS) is 10.8. The minimum atomic E-state index is 0.250. The maximum Gasteiger partial charge on any atom is 0.204 e. The van der Waals surface area contributed by atoms with Gasteiger partial charge in [-0.15, -0.1) is 0 Å². The highest BCUT2D eigenvalue weighted by molar-refractivity contribution is 5.99. The summed E-state index contributed by atoms with van der Waals surface area (Å²) in [7, 11) is 3.24. The molecular formula is C20H25N3O3. The van der Waals surface area contributed by atoms with E-state index in [-0.39, 0.29) is 6.41 Å². The number of carbonyl (C=O) groups excluding carboxylic acids is 1. The summed E-state index contributed by atoms with van der Waals surface area (Å²) in [5.41, 5.74) is 8.27. The molecule has 6 nitrogen and oxygen atoms in total. The Balaban J connectivity index is 0.00000105. The van der Waals surface area contributed by atoms with Crippen molar-refractivity contribution in [2.24, 2.45) is 16.7 Å². The number of para-hydroxylation sites is 1. The van der Waals surface area contributed by atoms with E-state index < -0.39 is 0 Å². The lowest BCUT2D eigenvalue weighted by Gasteiger charge is -2.10. The van der Waals surface area contributed by atoms with E-state index in [1.54, 1.807) is 14.2 Å². The molecule has 0 bridgehead atoms. The molecule has 0 saturated carbocycles. The molecule has 0 aromatic heterocycles. The molecule has 0 fully saturated rings. The van der Waals surface area contributed by atoms with Gasteiger partial charge < -0.3 is 21.1 Å². The Hall–Kier alpha value is -3.28. The predicted octanol–water partition coefficient (Wildman–Crippen LogP) is 2.68. The third-order valence-electron chi connectivity index (χ3n) is 3.56. The number of benzene rings is 2. The van der Waals surface area contributed by atoms with Gasteiger partial charge in [0.2, 0.25) is 6.41 Å². The minimum absolute atomic E-state index is 0.250. The molecule has 0 heterocycles. The lowest BCUT2D eigenvalue weighted by atomic mass is 10.1. The van der Waals surface area contributed by atoms with E-state index in [0.29, 0.717) is 17.9 Å². The highest BCUT2D eigenvalue weighted by atomic mass is 16.5. The van der Waals surface area contributed by atoms with Crippen LogP contribution >= 0.6 is 0 Å². The van der Waals surface area contributed by atoms with Crippen molar-refractivity contribution in [3.63, 3.8) is 0 Å². The first-order valence-corrected chi connectivity index (χ1v) is 7.96. The SMILES string of the molecule is COc1cccc(/C=C/C(Cc2ccc(C)cc2)=N\N)c1OC.NC=O. The molecule has 4 N–H and O–H groups in total. The van der Waals surface area contributed by atoms with Crippen LogP contribution in [-0.4, -0.2) is 26.3 Å². The zero-order valence-corrected chi connectivity index (χ0v) is 15.3. The first kappa shape index (κ1) is 20.8. The number of methoxy groups -OCH3 is 2. The summed E-state index contributed by atoms with van der Waals surface area (Å²) in [5.74, 6) is 6.91. The molecule has 2 aromatic rings. The van der Waals surface area contributed by atoms with E-state index in [9.17, 15) is 0 Å². The standard InChI is InChI=1S/C19H22N2O2.CH3NO/c1-14-7-9-15(10-8-14)13-17(21-20)12-11-16-5-4-6-18(22-2)19(16)23-3;2-1-3/h4-12H,13,20H2,1-3H3;1H,(H2,2,3)/b12-11+,21-17+;. The van der Waals surface area contributed by atoms with Crippen LogP contribution in [0.5, 0.6) is 11.5 Å². The number of rotatable bonds is 6. The van der Waals surface area contributed by atoms with Crippen LogP contribution in [0.2, 0.25) is 0 Å². The van der Waals surface area contributed by atoms with Crippen LogP contribution in [0.1, 0.15) is 16.7 Å². The van der Waals surface area contributed by atoms with Crippen molar-refractivity contribution in [3.8, 4) is 11.5 Å². The number of amides is 1. The second-order valence-corrected chi connectivity index (χ2v) is 5.33. The Morgan fingerprint density at radius 2 is 1.77 bits per heavy atom. The van der Waals surface area contributed by atoms with Gasteiger partial charge >= 0.3 is 0 Å². The van der Waals surface area contributed by atoms with Gasteiger partial charge in [-0.05, 0) is 30.7 Å². The quantitative estimate of drug-likeness (QED) is 0.360. The molecule has 0 unspecified atom stereocenters. The number of carbonyl (C=O) groups is 1. The summed E-state index contributed by atoms with van der Waals surface area (Å²) in [6.07, 6.45) is 4.76. The van der Waals surface area contributed by atoms with Crippen LogP contribution in [0.25, 0.3) is 6.08 Å². The Morgan fingerprint density at radius 1 is 1.12 bits per heavy atom. The van der Waals surface area contributed by atoms with Gasteiger partial charge in [-0.2, -0.15) is 5.10 Å². The number of nitrogens with two attached hydrogens (primary N) is 2. The predicted molar refractivity (Wildman–Crippen MR) is 105 cm³/mol. The molecule has 2 aromatic carbocycles. The summed E-state index contributed by atoms with van der Waals surface area (Å²) in [6, 6.07) is 14.1. The van der Waals surface area contributed by atoms with E-state index in [4.69, 9.17) is 20.1 Å². The number of nitrogens with zero attached hydrogens (tertiary/aromatic N) is 1. The number of ether oxygens (including phenoxy) is 2. The maximum absolute atomic E-state index is 8.58. The van der Waals surface area contributed by atoms with Crippen LogP contribution in [0.15, 0.2) is 53.6 Å². The van der Waals surface area contributed by atoms with Gasteiger partial charge in [-0.25, -0.2) is 0 Å². The van der Waals surface area contributed by atoms with Crippen molar-refractivity contribution in [2.75, 3.05) is 14.2 Å². The Kier molecular flexibility index (Phi) is 9.03. The first-order chi connectivity index (χ1) is 12.6. The van der Waals surface area contributed by atoms with Crippen molar-refractivity contribution in [1.29, 1.82) is 0 Å². The largest absolute Gasteiger partial charge is 0.493 e. The van der Waals surface area contributed by atoms with Crippen LogP contribution in [-0.2, 0) is 11.2 Å². The van der Waals surface area contributed by atoms with E-state index in [1.807, 2.05) is 30.4 Å². The second-order valence-electron chi connectivity index (χ2n) is 5.33. The van der Waals surface area contributed by atoms with E-state index in [1.165, 1.54) is 11.1 Å². The van der Waals surface area contributed by atoms with Crippen LogP contribution in [0.3, 0.4) is 0 Å². The van der Waals surface area contributed by atoms with Crippen LogP contribution in [0.4, 0.5) is 0 Å². The van der Waals surface area contributed by atoms with Crippen molar-refractivity contribution in [2.45, 2.75) is 13.3 Å². The van der Waals surface area contributed by atoms with Crippen molar-refractivity contribution < 1.29 is 14.3 Å². The van der Waals surface area contributed by atoms with Crippen molar-refractivity contribution in [1.82, 2.24) is 0 Å². The number of primary amides is 1. The third kappa shape index (κ3) is 6.32. The number of allylic oxidation sites excluding steroid dienone is 1. The van der Waals surface area contributed by atoms with E-state index >= 15 is 0 Å². The highest BCUT2D eigenvalue weighted by Gasteiger charge is 2.07. The topological polar surface area (TPSA) is 99.9 Å². The summed E-state index contributed by atoms with van der Waals surface area (Å²) >= 11 is 0. The second kappa shape index (κ2) is 11.3. The number of hydrogen-bond donors (Lipinski definition) is 2. The molecule has 0 spiro atoms. The smallest absolute Gasteiger partial charge is 0.204 e. The zero-order chi connectivity index (χ0) is 19.4. The summed E-state index contributed by atoms with van der Waals surface area (Å²) in [6.45, 7) is 2.07. The zero-order valence-electron chi connectivity index (χ0n) is 15.3. The molecule has 2 rings (SSSR count). The Bertz CT molecular complexity index is 753. The first-order valence-electron chi connectivity index (χ1n) is 7.96. The number of hydrogen-bond acceptors (Lipinski definition) is 5. The molecule has 1 amide bonds. The van der Waals surface area contributed by atoms with Crippen LogP contribution in [0, 0.1) is 6.92 Å². The molecule has 0 saturated heterocycles. The van der Waals surface area contributed by atoms with Gasteiger partial charge in [0.25, 0.3) is 0 Å². The van der Waals surface area contributed by atoms with Crippen molar-refractivity contribution >= 4 is 18.2 Å². The molecule has 6 heteroatoms. The molecule has 0 atom stereocenters. The van der Waals surface area contributed by atoms with Gasteiger partial charge in [0, 0.05) is 12.0 Å². The number of aryl methyl sites for hydroxylation is 1. The van der Waals surface area contributed by atoms with Crippen LogP contribution < -0.4 is 21.1 Å². The fourth-order valence-electron chi connectivity index (χ4n) is 2.29. The highest BCUT2D eigenvalue weighted by Crippen LogP contribution is 2.31. The monoisotopic (exact) mass is 355 g/mol. The molecule has 0 radical (unpaired) electrons. The van der Waals surface area contributed by atoms with Gasteiger partial charge in [0.15, 0.2) is 11.5 Å². The molecule has 138 valence electrons. The molecule has 26 heavy (non-hydrogen) atoms. The van der Waals surface area contributed by atoms with Crippen molar-refractivity contribution in [3.05, 3.63) is 65.2 Å². The summed E-state index contributed by atoms with van der Waals surface area (Å²) < 4.78 is 10.7. The Morgan fingerprint density at radius 3 is 2.31 bits per heavy atom. The van der Waals surface area contributed by atoms with E-state index in [2.05, 4.69) is 42.0 Å². The van der Waals surface area contributed by atoms with Gasteiger partial charge in [0.05, 0.1) is 19.9 Å². The fourth-order valence-corrected chi connectivity index (χ4v) is 2.29. The summed E-state index contributed by atoms with van der Waals surface area (Å²) in [5, 5.41) is 3.88. The lowest BCUT2D eigenvalue weighted by molar-refractivity contribution is -0.106. The molecule has 0 aliphatic heterocycles. The fraction of sp³-hybridized carbons (Fsp3) is 0.200. The average Bonchev–Trinajstić information content (AvgIpc) is 2.66. The molecule has 0 aliphatic carbocycles. The average molecular weight is 355 g/mol. The minimum Gasteiger partial charge on any atom is -0.493 e. The third-order valence-corrected chi connectivity index (χ3v) is 3.56. The van der Waals surface area contributed by atoms with Gasteiger partial charge in [-0.1, -0.05) is 42.0 Å². The maximum atomic E-state index is 8.58. The van der Waals surface area contributed by atoms with Gasteiger partial charge in [-0.3, -0.25) is 4.79 Å². The summed E-state index contributed by atoms with van der Waals surface area (Å²) in [4.78, 5) is 8.58.